The first-order valence-electron chi connectivity index (χ1n) is 7.61. The van der Waals surface area contributed by atoms with Crippen molar-refractivity contribution < 1.29 is 14.7 Å². The number of hydrogen-bond donors (Lipinski definition) is 4. The maximum Gasteiger partial charge on any atom is 0.251 e. The summed E-state index contributed by atoms with van der Waals surface area (Å²) in [6.45, 7) is 0.251. The normalized spacial score (nSPS) is 26.3. The van der Waals surface area contributed by atoms with Gasteiger partial charge in [-0.05, 0) is 37.1 Å². The number of nitrogens with zero attached hydrogens (tertiary/aromatic N) is 1. The Morgan fingerprint density at radius 3 is 2.52 bits per heavy atom. The van der Waals surface area contributed by atoms with Crippen LogP contribution in [0.25, 0.3) is 0 Å². The zero-order valence-electron chi connectivity index (χ0n) is 12.5. The van der Waals surface area contributed by atoms with Gasteiger partial charge in [-0.2, -0.15) is 5.26 Å². The van der Waals surface area contributed by atoms with E-state index in [9.17, 15) is 14.7 Å². The summed E-state index contributed by atoms with van der Waals surface area (Å²) in [7, 11) is 0. The van der Waals surface area contributed by atoms with Gasteiger partial charge in [-0.15, -0.1) is 0 Å². The number of carbonyl (C=O) groups excluding carboxylic acids is 2. The molecule has 1 saturated heterocycles. The molecule has 0 spiro atoms. The zero-order valence-corrected chi connectivity index (χ0v) is 12.5. The van der Waals surface area contributed by atoms with Crippen LogP contribution in [0, 0.1) is 11.3 Å². The molecule has 0 aromatic heterocycles. The van der Waals surface area contributed by atoms with E-state index in [0.29, 0.717) is 11.1 Å². The van der Waals surface area contributed by atoms with Crippen molar-refractivity contribution in [2.75, 3.05) is 6.54 Å². The molecule has 1 aromatic rings. The molecule has 7 heteroatoms. The van der Waals surface area contributed by atoms with Crippen molar-refractivity contribution in [2.24, 2.45) is 0 Å². The number of hydrogen-bond acceptors (Lipinski definition) is 5. The lowest BCUT2D eigenvalue weighted by molar-refractivity contribution is -0.123. The summed E-state index contributed by atoms with van der Waals surface area (Å²) in [6.07, 6.45) is 1.12. The first-order chi connectivity index (χ1) is 11.1. The Morgan fingerprint density at radius 1 is 1.22 bits per heavy atom. The second kappa shape index (κ2) is 6.36. The van der Waals surface area contributed by atoms with Crippen LogP contribution in [0.3, 0.4) is 0 Å². The third-order valence-electron chi connectivity index (χ3n) is 4.10. The van der Waals surface area contributed by atoms with Crippen LogP contribution in [-0.2, 0) is 4.79 Å². The Hall–Kier alpha value is -2.43. The molecule has 2 aliphatic rings. The minimum absolute atomic E-state index is 0.200. The van der Waals surface area contributed by atoms with Gasteiger partial charge in [0.1, 0.15) is 6.04 Å². The summed E-state index contributed by atoms with van der Waals surface area (Å²) in [5.41, 5.74) is 0.843. The van der Waals surface area contributed by atoms with E-state index in [1.54, 1.807) is 24.3 Å². The van der Waals surface area contributed by atoms with Crippen LogP contribution < -0.4 is 16.0 Å². The summed E-state index contributed by atoms with van der Waals surface area (Å²) >= 11 is 0. The van der Waals surface area contributed by atoms with Gasteiger partial charge in [0, 0.05) is 18.2 Å². The van der Waals surface area contributed by atoms with Crippen LogP contribution in [0.4, 0.5) is 0 Å². The Labute approximate surface area is 133 Å². The van der Waals surface area contributed by atoms with E-state index in [1.807, 2.05) is 6.07 Å². The highest BCUT2D eigenvalue weighted by atomic mass is 16.3. The Balaban J connectivity index is 1.66. The molecule has 0 radical (unpaired) electrons. The van der Waals surface area contributed by atoms with Crippen LogP contribution in [0.5, 0.6) is 0 Å². The van der Waals surface area contributed by atoms with E-state index in [2.05, 4.69) is 16.0 Å². The third kappa shape index (κ3) is 3.50. The number of β-amino-alcohol motifs (C(OH)–C–C–N with tert-alkyl or cyclic N) is 1. The van der Waals surface area contributed by atoms with E-state index in [4.69, 9.17) is 5.26 Å². The molecular formula is C16H18N4O3. The highest BCUT2D eigenvalue weighted by molar-refractivity contribution is 5.95. The molecule has 4 N–H and O–H groups in total. The highest BCUT2D eigenvalue weighted by Crippen LogP contribution is 2.20. The fourth-order valence-electron chi connectivity index (χ4n) is 2.61. The SMILES string of the molecule is N#Cc1ccc(C(=O)N[C@H]2[C@@H](C(=O)NC3CC3)NC[C@@H]2O)cc1. The molecule has 3 rings (SSSR count). The number of nitrogens with one attached hydrogen (secondary N) is 3. The molecule has 1 aliphatic carbocycles. The molecule has 7 nitrogen and oxygen atoms in total. The molecule has 1 aromatic carbocycles. The molecule has 1 heterocycles. The largest absolute Gasteiger partial charge is 0.390 e. The van der Waals surface area contributed by atoms with Gasteiger partial charge < -0.3 is 21.1 Å². The lowest BCUT2D eigenvalue weighted by atomic mass is 10.1. The third-order valence-corrected chi connectivity index (χ3v) is 4.10. The van der Waals surface area contributed by atoms with E-state index >= 15 is 0 Å². The van der Waals surface area contributed by atoms with Crippen LogP contribution in [0.1, 0.15) is 28.8 Å². The predicted octanol–water partition coefficient (Wildman–Crippen LogP) is -0.732. The second-order valence-corrected chi connectivity index (χ2v) is 5.92. The van der Waals surface area contributed by atoms with Gasteiger partial charge in [-0.3, -0.25) is 9.59 Å². The maximum absolute atomic E-state index is 12.3. The van der Waals surface area contributed by atoms with Gasteiger partial charge in [0.25, 0.3) is 5.91 Å². The van der Waals surface area contributed by atoms with Crippen molar-refractivity contribution in [3.63, 3.8) is 0 Å². The van der Waals surface area contributed by atoms with E-state index < -0.39 is 18.2 Å². The van der Waals surface area contributed by atoms with Gasteiger partial charge in [0.05, 0.1) is 23.8 Å². The van der Waals surface area contributed by atoms with Gasteiger partial charge >= 0.3 is 0 Å². The molecule has 23 heavy (non-hydrogen) atoms. The van der Waals surface area contributed by atoms with Crippen molar-refractivity contribution in [1.82, 2.24) is 16.0 Å². The molecule has 0 bridgehead atoms. The van der Waals surface area contributed by atoms with Crippen LogP contribution in [0.15, 0.2) is 24.3 Å². The van der Waals surface area contributed by atoms with E-state index in [0.717, 1.165) is 12.8 Å². The Kier molecular flexibility index (Phi) is 4.28. The number of nitriles is 1. The fourth-order valence-corrected chi connectivity index (χ4v) is 2.61. The summed E-state index contributed by atoms with van der Waals surface area (Å²) in [6, 6.07) is 7.06. The minimum atomic E-state index is -0.827. The van der Waals surface area contributed by atoms with Crippen molar-refractivity contribution in [2.45, 2.75) is 37.1 Å². The molecule has 1 aliphatic heterocycles. The zero-order chi connectivity index (χ0) is 16.4. The molecule has 0 unspecified atom stereocenters. The van der Waals surface area contributed by atoms with Crippen molar-refractivity contribution in [3.05, 3.63) is 35.4 Å². The number of aliphatic hydroxyl groups is 1. The molecular weight excluding hydrogens is 296 g/mol. The lowest BCUT2D eigenvalue weighted by Gasteiger charge is -2.22. The predicted molar refractivity (Wildman–Crippen MR) is 81.4 cm³/mol. The van der Waals surface area contributed by atoms with Crippen LogP contribution >= 0.6 is 0 Å². The van der Waals surface area contributed by atoms with Crippen LogP contribution in [-0.4, -0.2) is 47.7 Å². The number of carbonyl (C=O) groups is 2. The number of benzene rings is 1. The van der Waals surface area contributed by atoms with Crippen molar-refractivity contribution >= 4 is 11.8 Å². The Morgan fingerprint density at radius 2 is 1.91 bits per heavy atom. The summed E-state index contributed by atoms with van der Waals surface area (Å²) in [4.78, 5) is 24.5. The van der Waals surface area contributed by atoms with Gasteiger partial charge in [0.2, 0.25) is 5.91 Å². The smallest absolute Gasteiger partial charge is 0.251 e. The lowest BCUT2D eigenvalue weighted by Crippen LogP contribution is -2.54. The van der Waals surface area contributed by atoms with Gasteiger partial charge in [0.15, 0.2) is 0 Å². The fraction of sp³-hybridized carbons (Fsp3) is 0.438. The second-order valence-electron chi connectivity index (χ2n) is 5.92. The number of aliphatic hydroxyl groups excluding tert-OH is 1. The topological polar surface area (TPSA) is 114 Å². The van der Waals surface area contributed by atoms with E-state index in [-0.39, 0.29) is 24.4 Å². The number of amides is 2. The molecule has 3 atom stereocenters. The first-order valence-corrected chi connectivity index (χ1v) is 7.61. The number of rotatable bonds is 4. The van der Waals surface area contributed by atoms with E-state index in [1.165, 1.54) is 0 Å². The highest BCUT2D eigenvalue weighted by Gasteiger charge is 2.41. The average molecular weight is 314 g/mol. The molecule has 2 fully saturated rings. The Bertz CT molecular complexity index is 648. The van der Waals surface area contributed by atoms with Gasteiger partial charge in [-0.25, -0.2) is 0 Å². The minimum Gasteiger partial charge on any atom is -0.390 e. The maximum atomic E-state index is 12.3. The molecule has 2 amide bonds. The van der Waals surface area contributed by atoms with Crippen molar-refractivity contribution in [1.29, 1.82) is 5.26 Å². The summed E-state index contributed by atoms with van der Waals surface area (Å²) < 4.78 is 0. The monoisotopic (exact) mass is 314 g/mol. The van der Waals surface area contributed by atoms with Gasteiger partial charge in [-0.1, -0.05) is 0 Å². The van der Waals surface area contributed by atoms with Crippen molar-refractivity contribution in [3.8, 4) is 6.07 Å². The van der Waals surface area contributed by atoms with Crippen LogP contribution in [0.2, 0.25) is 0 Å². The standard InChI is InChI=1S/C16H18N4O3/c17-7-9-1-3-10(4-2-9)15(22)20-13-12(21)8-18-14(13)16(23)19-11-5-6-11/h1-4,11-14,18,21H,5-6,8H2,(H,19,23)(H,20,22)/t12-,13+,14-/m0/s1. The summed E-state index contributed by atoms with van der Waals surface area (Å²) in [5, 5.41) is 27.3. The molecule has 1 saturated carbocycles. The molecule has 120 valence electrons. The summed E-state index contributed by atoms with van der Waals surface area (Å²) in [5.74, 6) is -0.583. The average Bonchev–Trinajstić information content (AvgIpc) is 3.30. The first kappa shape index (κ1) is 15.5. The quantitative estimate of drug-likeness (QED) is 0.585.